The molecule has 3 unspecified atom stereocenters. The molecular formula is C10H14F3N. The van der Waals surface area contributed by atoms with E-state index in [1.807, 2.05) is 6.92 Å². The normalized spacial score (nSPS) is 37.1. The molecule has 0 aromatic heterocycles. The fourth-order valence-electron chi connectivity index (χ4n) is 2.58. The van der Waals surface area contributed by atoms with Gasteiger partial charge in [0.2, 0.25) is 0 Å². The van der Waals surface area contributed by atoms with Gasteiger partial charge in [0.25, 0.3) is 0 Å². The monoisotopic (exact) mass is 205 g/mol. The van der Waals surface area contributed by atoms with E-state index in [2.05, 4.69) is 5.32 Å². The minimum Gasteiger partial charge on any atom is -0.313 e. The molecule has 0 aromatic carbocycles. The SMILES string of the molecule is C/C(=C\CC(F)(F)F)C1C2CNC1C2. The van der Waals surface area contributed by atoms with Crippen molar-refractivity contribution in [2.75, 3.05) is 6.54 Å². The number of halogens is 3. The lowest BCUT2D eigenvalue weighted by Crippen LogP contribution is -2.37. The van der Waals surface area contributed by atoms with E-state index < -0.39 is 12.6 Å². The van der Waals surface area contributed by atoms with Crippen molar-refractivity contribution in [3.63, 3.8) is 0 Å². The van der Waals surface area contributed by atoms with E-state index in [0.29, 0.717) is 17.9 Å². The predicted molar refractivity (Wildman–Crippen MR) is 47.8 cm³/mol. The topological polar surface area (TPSA) is 12.0 Å². The molecule has 3 fully saturated rings. The van der Waals surface area contributed by atoms with Crippen LogP contribution in [0.15, 0.2) is 11.6 Å². The molecule has 2 heterocycles. The fourth-order valence-corrected chi connectivity index (χ4v) is 2.58. The molecule has 80 valence electrons. The summed E-state index contributed by atoms with van der Waals surface area (Å²) in [6.07, 6.45) is -2.36. The molecule has 3 atom stereocenters. The average molecular weight is 205 g/mol. The lowest BCUT2D eigenvalue weighted by molar-refractivity contribution is -0.125. The van der Waals surface area contributed by atoms with Gasteiger partial charge in [-0.2, -0.15) is 13.2 Å². The first-order chi connectivity index (χ1) is 6.47. The summed E-state index contributed by atoms with van der Waals surface area (Å²) >= 11 is 0. The summed E-state index contributed by atoms with van der Waals surface area (Å²) in [5, 5.41) is 3.30. The van der Waals surface area contributed by atoms with Gasteiger partial charge in [-0.25, -0.2) is 0 Å². The third-order valence-corrected chi connectivity index (χ3v) is 3.32. The second-order valence-electron chi connectivity index (χ2n) is 4.30. The van der Waals surface area contributed by atoms with Crippen LogP contribution in [0, 0.1) is 11.8 Å². The number of fused-ring (bicyclic) bond motifs is 1. The molecule has 1 N–H and O–H groups in total. The van der Waals surface area contributed by atoms with Gasteiger partial charge in [-0.1, -0.05) is 11.6 Å². The van der Waals surface area contributed by atoms with Crippen molar-refractivity contribution in [1.82, 2.24) is 5.32 Å². The fraction of sp³-hybridized carbons (Fsp3) is 0.800. The summed E-state index contributed by atoms with van der Waals surface area (Å²) in [4.78, 5) is 0. The van der Waals surface area contributed by atoms with Crippen molar-refractivity contribution < 1.29 is 13.2 Å². The molecule has 4 heteroatoms. The van der Waals surface area contributed by atoms with Gasteiger partial charge in [-0.05, 0) is 31.7 Å². The van der Waals surface area contributed by atoms with Gasteiger partial charge < -0.3 is 5.32 Å². The molecule has 2 saturated heterocycles. The highest BCUT2D eigenvalue weighted by Gasteiger charge is 2.47. The zero-order chi connectivity index (χ0) is 10.3. The van der Waals surface area contributed by atoms with Crippen molar-refractivity contribution >= 4 is 0 Å². The third-order valence-electron chi connectivity index (χ3n) is 3.32. The number of rotatable bonds is 2. The first-order valence-electron chi connectivity index (χ1n) is 4.94. The predicted octanol–water partition coefficient (Wildman–Crippen LogP) is 2.49. The zero-order valence-corrected chi connectivity index (χ0v) is 8.06. The molecule has 1 nitrogen and oxygen atoms in total. The highest BCUT2D eigenvalue weighted by atomic mass is 19.4. The van der Waals surface area contributed by atoms with Crippen LogP contribution < -0.4 is 5.32 Å². The Morgan fingerprint density at radius 1 is 1.50 bits per heavy atom. The molecule has 3 rings (SSSR count). The van der Waals surface area contributed by atoms with Crippen molar-refractivity contribution in [2.24, 2.45) is 11.8 Å². The van der Waals surface area contributed by atoms with Gasteiger partial charge >= 0.3 is 6.18 Å². The smallest absolute Gasteiger partial charge is 0.313 e. The molecule has 0 radical (unpaired) electrons. The Balaban J connectivity index is 1.92. The van der Waals surface area contributed by atoms with Crippen LogP contribution in [0.3, 0.4) is 0 Å². The molecule has 0 aromatic rings. The molecule has 0 amide bonds. The van der Waals surface area contributed by atoms with Gasteiger partial charge in [0, 0.05) is 6.04 Å². The van der Waals surface area contributed by atoms with Crippen molar-refractivity contribution in [3.8, 4) is 0 Å². The molecule has 1 saturated carbocycles. The Morgan fingerprint density at radius 2 is 2.21 bits per heavy atom. The van der Waals surface area contributed by atoms with Gasteiger partial charge in [-0.15, -0.1) is 0 Å². The van der Waals surface area contributed by atoms with Crippen LogP contribution in [0.1, 0.15) is 19.8 Å². The summed E-state index contributed by atoms with van der Waals surface area (Å²) in [6, 6.07) is 0.449. The van der Waals surface area contributed by atoms with Crippen LogP contribution in [-0.4, -0.2) is 18.8 Å². The van der Waals surface area contributed by atoms with Crippen molar-refractivity contribution in [3.05, 3.63) is 11.6 Å². The molecular weight excluding hydrogens is 191 g/mol. The van der Waals surface area contributed by atoms with Crippen LogP contribution >= 0.6 is 0 Å². The maximum Gasteiger partial charge on any atom is 0.392 e. The minimum atomic E-state index is -4.06. The maximum absolute atomic E-state index is 12.0. The standard InChI is InChI=1S/C10H14F3N/c1-6(2-3-10(11,12)13)9-7-4-8(9)14-5-7/h2,7-9,14H,3-5H2,1H3/b6-2+. The van der Waals surface area contributed by atoms with Crippen LogP contribution in [0.5, 0.6) is 0 Å². The Labute approximate surface area is 81.4 Å². The van der Waals surface area contributed by atoms with E-state index in [-0.39, 0.29) is 0 Å². The molecule has 2 aliphatic heterocycles. The Bertz CT molecular complexity index is 243. The van der Waals surface area contributed by atoms with E-state index in [1.54, 1.807) is 0 Å². The minimum absolute atomic E-state index is 0.373. The van der Waals surface area contributed by atoms with Crippen LogP contribution in [0.2, 0.25) is 0 Å². The summed E-state index contributed by atoms with van der Waals surface area (Å²) in [6.45, 7) is 2.80. The number of hydrogen-bond acceptors (Lipinski definition) is 1. The Hall–Kier alpha value is -0.510. The molecule has 3 aliphatic rings. The number of nitrogens with one attached hydrogen (secondary N) is 1. The highest BCUT2D eigenvalue weighted by Crippen LogP contribution is 2.44. The highest BCUT2D eigenvalue weighted by molar-refractivity contribution is 5.18. The van der Waals surface area contributed by atoms with E-state index in [0.717, 1.165) is 18.5 Å². The average Bonchev–Trinajstić information content (AvgIpc) is 2.58. The molecule has 14 heavy (non-hydrogen) atoms. The van der Waals surface area contributed by atoms with Crippen LogP contribution in [0.25, 0.3) is 0 Å². The van der Waals surface area contributed by atoms with Gasteiger partial charge in [0.15, 0.2) is 0 Å². The first kappa shape index (κ1) is 10.0. The van der Waals surface area contributed by atoms with E-state index >= 15 is 0 Å². The number of hydrogen-bond donors (Lipinski definition) is 1. The quantitative estimate of drug-likeness (QED) is 0.683. The van der Waals surface area contributed by atoms with E-state index in [1.165, 1.54) is 6.08 Å². The summed E-state index contributed by atoms with van der Waals surface area (Å²) in [5.41, 5.74) is 0.911. The lowest BCUT2D eigenvalue weighted by atomic mass is 9.70. The van der Waals surface area contributed by atoms with Gasteiger partial charge in [-0.3, -0.25) is 0 Å². The number of allylic oxidation sites excluding steroid dienone is 1. The second-order valence-corrected chi connectivity index (χ2v) is 4.30. The lowest BCUT2D eigenvalue weighted by Gasteiger charge is -2.35. The first-order valence-corrected chi connectivity index (χ1v) is 4.94. The molecule has 0 spiro atoms. The second kappa shape index (κ2) is 3.26. The molecule has 1 aliphatic carbocycles. The molecule has 2 bridgehead atoms. The van der Waals surface area contributed by atoms with Crippen molar-refractivity contribution in [1.29, 1.82) is 0 Å². The summed E-state index contributed by atoms with van der Waals surface area (Å²) in [7, 11) is 0. The van der Waals surface area contributed by atoms with Crippen LogP contribution in [0.4, 0.5) is 13.2 Å². The zero-order valence-electron chi connectivity index (χ0n) is 8.06. The largest absolute Gasteiger partial charge is 0.392 e. The van der Waals surface area contributed by atoms with Crippen molar-refractivity contribution in [2.45, 2.75) is 32.0 Å². The third kappa shape index (κ3) is 1.80. The number of alkyl halides is 3. The Morgan fingerprint density at radius 3 is 2.64 bits per heavy atom. The summed E-state index contributed by atoms with van der Waals surface area (Å²) in [5.74, 6) is 0.960. The Kier molecular flexibility index (Phi) is 2.33. The van der Waals surface area contributed by atoms with E-state index in [4.69, 9.17) is 0 Å². The maximum atomic E-state index is 12.0. The van der Waals surface area contributed by atoms with Crippen LogP contribution in [-0.2, 0) is 0 Å². The summed E-state index contributed by atoms with van der Waals surface area (Å²) < 4.78 is 35.9. The van der Waals surface area contributed by atoms with Gasteiger partial charge in [0.05, 0.1) is 6.42 Å². The van der Waals surface area contributed by atoms with Gasteiger partial charge in [0.1, 0.15) is 0 Å². The van der Waals surface area contributed by atoms with E-state index in [9.17, 15) is 13.2 Å².